The molecule has 0 spiro atoms. The van der Waals surface area contributed by atoms with Crippen LogP contribution in [0.25, 0.3) is 0 Å². The molecule has 37 heavy (non-hydrogen) atoms. The number of fused-ring (bicyclic) bond motifs is 1. The molecule has 3 fully saturated rings. The van der Waals surface area contributed by atoms with Gasteiger partial charge in [-0.1, -0.05) is 16.8 Å². The van der Waals surface area contributed by atoms with E-state index in [-0.39, 0.29) is 41.1 Å². The van der Waals surface area contributed by atoms with Crippen LogP contribution in [0.2, 0.25) is 5.02 Å². The maximum absolute atomic E-state index is 15.0. The molecule has 2 aromatic heterocycles. The Balaban J connectivity index is 1.08. The molecular weight excluding hydrogens is 497 g/mol. The van der Waals surface area contributed by atoms with Crippen molar-refractivity contribution in [2.45, 2.75) is 44.2 Å². The Morgan fingerprint density at radius 3 is 2.81 bits per heavy atom. The third-order valence-corrected chi connectivity index (χ3v) is 7.91. The minimum absolute atomic E-state index is 0.0368. The molecule has 1 saturated heterocycles. The lowest BCUT2D eigenvalue weighted by atomic mass is 9.74. The van der Waals surface area contributed by atoms with Gasteiger partial charge in [-0.3, -0.25) is 14.6 Å². The minimum Gasteiger partial charge on any atom is -0.348 e. The lowest BCUT2D eigenvalue weighted by Gasteiger charge is -2.36. The second kappa shape index (κ2) is 8.92. The molecule has 2 amide bonds. The van der Waals surface area contributed by atoms with Gasteiger partial charge in [-0.2, -0.15) is 5.26 Å². The fourth-order valence-corrected chi connectivity index (χ4v) is 5.50. The van der Waals surface area contributed by atoms with E-state index >= 15 is 0 Å². The van der Waals surface area contributed by atoms with Crippen molar-refractivity contribution in [2.24, 2.45) is 11.8 Å². The van der Waals surface area contributed by atoms with Gasteiger partial charge in [0.05, 0.1) is 35.8 Å². The third kappa shape index (κ3) is 4.23. The van der Waals surface area contributed by atoms with E-state index in [0.717, 1.165) is 12.0 Å². The van der Waals surface area contributed by atoms with Crippen LogP contribution in [0.4, 0.5) is 10.1 Å². The Labute approximate surface area is 217 Å². The fraction of sp³-hybridized carbons (Fsp3) is 0.385. The number of aromatic nitrogens is 4. The van der Waals surface area contributed by atoms with Gasteiger partial charge in [0.2, 0.25) is 5.91 Å². The summed E-state index contributed by atoms with van der Waals surface area (Å²) in [6.07, 6.45) is 5.27. The number of anilines is 1. The normalized spacial score (nSPS) is 24.7. The van der Waals surface area contributed by atoms with E-state index in [1.165, 1.54) is 23.1 Å². The summed E-state index contributed by atoms with van der Waals surface area (Å²) >= 11 is 6.09. The monoisotopic (exact) mass is 519 g/mol. The van der Waals surface area contributed by atoms with Crippen molar-refractivity contribution in [1.29, 1.82) is 5.26 Å². The largest absolute Gasteiger partial charge is 0.348 e. The number of benzene rings is 1. The van der Waals surface area contributed by atoms with Crippen molar-refractivity contribution >= 4 is 29.1 Å². The Hall–Kier alpha value is -3.84. The van der Waals surface area contributed by atoms with Crippen LogP contribution in [0.1, 0.15) is 65.5 Å². The number of carbonyl (C=O) groups is 2. The predicted octanol–water partition coefficient (Wildman–Crippen LogP) is 3.61. The van der Waals surface area contributed by atoms with E-state index in [9.17, 15) is 19.2 Å². The summed E-state index contributed by atoms with van der Waals surface area (Å²) in [5.74, 6) is -0.269. The highest BCUT2D eigenvalue weighted by Crippen LogP contribution is 2.47. The summed E-state index contributed by atoms with van der Waals surface area (Å²) < 4.78 is 16.3. The molecule has 6 rings (SSSR count). The Morgan fingerprint density at radius 2 is 2.11 bits per heavy atom. The van der Waals surface area contributed by atoms with E-state index in [0.29, 0.717) is 41.6 Å². The number of amides is 2. The van der Waals surface area contributed by atoms with Gasteiger partial charge in [-0.15, -0.1) is 5.10 Å². The Morgan fingerprint density at radius 1 is 1.30 bits per heavy atom. The van der Waals surface area contributed by atoms with Crippen LogP contribution in [0.5, 0.6) is 0 Å². The molecule has 1 N–H and O–H groups in total. The molecule has 11 heteroatoms. The molecule has 9 nitrogen and oxygen atoms in total. The van der Waals surface area contributed by atoms with Crippen LogP contribution < -0.4 is 10.2 Å². The molecule has 3 heterocycles. The Bertz CT molecular complexity index is 1460. The lowest BCUT2D eigenvalue weighted by Crippen LogP contribution is -2.43. The quantitative estimate of drug-likeness (QED) is 0.532. The molecule has 0 bridgehead atoms. The van der Waals surface area contributed by atoms with Crippen LogP contribution >= 0.6 is 11.6 Å². The first-order chi connectivity index (χ1) is 17.8. The average Bonchev–Trinajstić information content (AvgIpc) is 3.31. The number of pyridine rings is 1. The number of carbonyl (C=O) groups excluding carboxylic acids is 2. The van der Waals surface area contributed by atoms with Crippen LogP contribution in [-0.2, 0) is 4.79 Å². The van der Waals surface area contributed by atoms with Gasteiger partial charge < -0.3 is 10.2 Å². The van der Waals surface area contributed by atoms with Crippen molar-refractivity contribution in [1.82, 2.24) is 25.3 Å². The van der Waals surface area contributed by atoms with Gasteiger partial charge in [-0.25, -0.2) is 9.07 Å². The van der Waals surface area contributed by atoms with E-state index in [1.54, 1.807) is 30.0 Å². The molecule has 1 unspecified atom stereocenters. The number of rotatable bonds is 6. The number of nitrogens with zero attached hydrogens (tertiary/aromatic N) is 6. The lowest BCUT2D eigenvalue weighted by molar-refractivity contribution is -0.118. The second-order valence-electron chi connectivity index (χ2n) is 10.1. The standard InChI is InChI=1S/C26H23ClFN7O2/c1-13(24-22(28)8-19(10-30-24)34-11-16-6-21(16)26(34)37)35-12-23(32-33-35)25(36)31-18-4-15(5-18)20-7-17(27)3-2-14(20)9-29/h2-3,7-8,10,12-13,15-16,18,21H,4-6,11H2,1H3,(H,31,36)/t13?,15?,16-,18?,21-/m1/s1. The number of nitriles is 1. The van der Waals surface area contributed by atoms with Gasteiger partial charge in [0.15, 0.2) is 5.69 Å². The zero-order valence-electron chi connectivity index (χ0n) is 19.9. The SMILES string of the molecule is CC(c1ncc(N2C[C@H]3C[C@H]3C2=O)cc1F)n1cc(C(=O)NC2CC(c3cc(Cl)ccc3C#N)C2)nn1. The smallest absolute Gasteiger partial charge is 0.273 e. The van der Waals surface area contributed by atoms with Crippen LogP contribution in [0.3, 0.4) is 0 Å². The van der Waals surface area contributed by atoms with Crippen LogP contribution in [0, 0.1) is 29.0 Å². The van der Waals surface area contributed by atoms with E-state index in [4.69, 9.17) is 11.6 Å². The number of nitrogens with one attached hydrogen (secondary N) is 1. The zero-order valence-corrected chi connectivity index (χ0v) is 20.7. The highest BCUT2D eigenvalue weighted by atomic mass is 35.5. The number of hydrogen-bond donors (Lipinski definition) is 1. The third-order valence-electron chi connectivity index (χ3n) is 7.67. The summed E-state index contributed by atoms with van der Waals surface area (Å²) in [4.78, 5) is 30.9. The van der Waals surface area contributed by atoms with Gasteiger partial charge in [0.25, 0.3) is 5.91 Å². The van der Waals surface area contributed by atoms with Gasteiger partial charge in [-0.05, 0) is 61.8 Å². The molecule has 188 valence electrons. The van der Waals surface area contributed by atoms with E-state index < -0.39 is 11.9 Å². The van der Waals surface area contributed by atoms with E-state index in [1.807, 2.05) is 0 Å². The summed E-state index contributed by atoms with van der Waals surface area (Å²) in [5, 5.41) is 20.8. The molecule has 2 saturated carbocycles. The molecule has 3 aliphatic rings. The summed E-state index contributed by atoms with van der Waals surface area (Å²) in [7, 11) is 0. The summed E-state index contributed by atoms with van der Waals surface area (Å²) in [6.45, 7) is 2.33. The first-order valence-corrected chi connectivity index (χ1v) is 12.6. The van der Waals surface area contributed by atoms with Crippen molar-refractivity contribution in [2.75, 3.05) is 11.4 Å². The fourth-order valence-electron chi connectivity index (χ4n) is 5.32. The highest BCUT2D eigenvalue weighted by Gasteiger charge is 2.52. The van der Waals surface area contributed by atoms with Crippen molar-refractivity contribution in [3.8, 4) is 6.07 Å². The first kappa shape index (κ1) is 23.6. The average molecular weight is 520 g/mol. The summed E-state index contributed by atoms with van der Waals surface area (Å²) in [6, 6.07) is 8.07. The zero-order chi connectivity index (χ0) is 25.8. The van der Waals surface area contributed by atoms with Crippen molar-refractivity contribution < 1.29 is 14.0 Å². The number of piperidine rings is 1. The number of hydrogen-bond acceptors (Lipinski definition) is 6. The molecule has 1 aliphatic heterocycles. The molecule has 3 aromatic rings. The van der Waals surface area contributed by atoms with E-state index in [2.05, 4.69) is 26.7 Å². The molecule has 1 aromatic carbocycles. The Kier molecular flexibility index (Phi) is 5.68. The second-order valence-corrected chi connectivity index (χ2v) is 10.5. The molecule has 3 atom stereocenters. The number of halogens is 2. The van der Waals surface area contributed by atoms with Gasteiger partial charge in [0, 0.05) is 29.6 Å². The molecule has 2 aliphatic carbocycles. The summed E-state index contributed by atoms with van der Waals surface area (Å²) in [5.41, 5.74) is 2.21. The van der Waals surface area contributed by atoms with Crippen LogP contribution in [-0.4, -0.2) is 44.4 Å². The van der Waals surface area contributed by atoms with Crippen molar-refractivity contribution in [3.63, 3.8) is 0 Å². The van der Waals surface area contributed by atoms with Gasteiger partial charge in [0.1, 0.15) is 11.5 Å². The predicted molar refractivity (Wildman–Crippen MR) is 131 cm³/mol. The topological polar surface area (TPSA) is 117 Å². The molecular formula is C26H23ClFN7O2. The molecule has 0 radical (unpaired) electrons. The maximum Gasteiger partial charge on any atom is 0.273 e. The maximum atomic E-state index is 15.0. The first-order valence-electron chi connectivity index (χ1n) is 12.2. The van der Waals surface area contributed by atoms with Crippen molar-refractivity contribution in [3.05, 3.63) is 70.0 Å². The minimum atomic E-state index is -0.605. The van der Waals surface area contributed by atoms with Crippen LogP contribution in [0.15, 0.2) is 36.7 Å². The van der Waals surface area contributed by atoms with Gasteiger partial charge >= 0.3 is 0 Å². The highest BCUT2D eigenvalue weighted by molar-refractivity contribution is 6.30.